The van der Waals surface area contributed by atoms with Gasteiger partial charge in [-0.3, -0.25) is 9.20 Å². The molecule has 0 spiro atoms. The summed E-state index contributed by atoms with van der Waals surface area (Å²) >= 11 is 2.93. The second kappa shape index (κ2) is 6.26. The van der Waals surface area contributed by atoms with Crippen LogP contribution in [0.2, 0.25) is 0 Å². The van der Waals surface area contributed by atoms with Crippen LogP contribution in [0.25, 0.3) is 15.3 Å². The van der Waals surface area contributed by atoms with Crippen LogP contribution >= 0.6 is 22.7 Å². The molecule has 4 rings (SSSR count). The average Bonchev–Trinajstić information content (AvgIpc) is 3.34. The van der Waals surface area contributed by atoms with Crippen molar-refractivity contribution in [2.75, 3.05) is 14.2 Å². The van der Waals surface area contributed by atoms with Gasteiger partial charge in [0.05, 0.1) is 24.0 Å². The molecule has 0 saturated heterocycles. The number of furan rings is 1. The molecular formula is C17H15N3O4S2. The average molecular weight is 389 g/mol. The van der Waals surface area contributed by atoms with Gasteiger partial charge in [0, 0.05) is 18.6 Å². The van der Waals surface area contributed by atoms with Crippen LogP contribution in [0.15, 0.2) is 28.1 Å². The van der Waals surface area contributed by atoms with Crippen LogP contribution in [-0.2, 0) is 11.3 Å². The largest absolute Gasteiger partial charge is 0.465 e. The Bertz CT molecular complexity index is 1130. The minimum atomic E-state index is -0.452. The van der Waals surface area contributed by atoms with Gasteiger partial charge in [0.1, 0.15) is 21.9 Å². The summed E-state index contributed by atoms with van der Waals surface area (Å²) < 4.78 is 12.3. The molecule has 0 radical (unpaired) electrons. The molecule has 0 aliphatic heterocycles. The van der Waals surface area contributed by atoms with E-state index >= 15 is 0 Å². The second-order valence-electron chi connectivity index (χ2n) is 5.80. The fourth-order valence-electron chi connectivity index (χ4n) is 2.78. The van der Waals surface area contributed by atoms with Crippen LogP contribution in [0.4, 0.5) is 0 Å². The van der Waals surface area contributed by atoms with Crippen molar-refractivity contribution in [3.05, 3.63) is 45.7 Å². The molecule has 4 aromatic rings. The first-order valence-electron chi connectivity index (χ1n) is 7.76. The molecule has 0 aromatic carbocycles. The molecule has 4 heterocycles. The number of rotatable bonds is 4. The van der Waals surface area contributed by atoms with Gasteiger partial charge >= 0.3 is 5.97 Å². The molecule has 0 bridgehead atoms. The summed E-state index contributed by atoms with van der Waals surface area (Å²) in [6.07, 6.45) is 1.94. The number of aromatic nitrogens is 2. The van der Waals surface area contributed by atoms with Gasteiger partial charge in [0.15, 0.2) is 4.96 Å². The predicted octanol–water partition coefficient (Wildman–Crippen LogP) is 3.57. The van der Waals surface area contributed by atoms with Crippen LogP contribution < -0.4 is 0 Å². The lowest BCUT2D eigenvalue weighted by Crippen LogP contribution is -2.25. The predicted molar refractivity (Wildman–Crippen MR) is 99.0 cm³/mol. The molecule has 7 nitrogen and oxygen atoms in total. The number of carbonyl (C=O) groups excluding carboxylic acids is 2. The van der Waals surface area contributed by atoms with Crippen molar-refractivity contribution in [2.45, 2.75) is 13.5 Å². The number of hydrogen-bond donors (Lipinski definition) is 0. The van der Waals surface area contributed by atoms with Crippen LogP contribution in [-0.4, -0.2) is 40.3 Å². The lowest BCUT2D eigenvalue weighted by atomic mass is 10.2. The standard InChI is InChI=1S/C17H15N3O4S2/c1-9-11(16(22)23-3)6-10(24-9)8-19(2)15(21)13-7-12-14(26-13)18-17-20(12)4-5-25-17/h4-7H,8H2,1-3H3. The summed E-state index contributed by atoms with van der Waals surface area (Å²) in [6, 6.07) is 3.47. The van der Waals surface area contributed by atoms with Crippen molar-refractivity contribution < 1.29 is 18.7 Å². The van der Waals surface area contributed by atoms with Crippen molar-refractivity contribution >= 4 is 49.9 Å². The zero-order chi connectivity index (χ0) is 18.4. The Hall–Kier alpha value is -2.65. The molecule has 134 valence electrons. The highest BCUT2D eigenvalue weighted by molar-refractivity contribution is 7.21. The maximum Gasteiger partial charge on any atom is 0.341 e. The molecule has 9 heteroatoms. The number of aryl methyl sites for hydroxylation is 1. The topological polar surface area (TPSA) is 77.0 Å². The number of nitrogens with zero attached hydrogens (tertiary/aromatic N) is 3. The van der Waals surface area contributed by atoms with E-state index in [4.69, 9.17) is 9.15 Å². The third kappa shape index (κ3) is 2.69. The molecule has 1 amide bonds. The quantitative estimate of drug-likeness (QED) is 0.499. The molecule has 0 saturated carbocycles. The summed E-state index contributed by atoms with van der Waals surface area (Å²) in [5.41, 5.74) is 1.31. The fourth-order valence-corrected chi connectivity index (χ4v) is 4.58. The maximum absolute atomic E-state index is 12.7. The maximum atomic E-state index is 12.7. The van der Waals surface area contributed by atoms with Gasteiger partial charge in [0.2, 0.25) is 0 Å². The van der Waals surface area contributed by atoms with Crippen LogP contribution in [0.3, 0.4) is 0 Å². The Morgan fingerprint density at radius 2 is 2.19 bits per heavy atom. The first-order chi connectivity index (χ1) is 12.5. The first kappa shape index (κ1) is 16.8. The monoisotopic (exact) mass is 389 g/mol. The Kier molecular flexibility index (Phi) is 4.04. The zero-order valence-corrected chi connectivity index (χ0v) is 15.9. The lowest BCUT2D eigenvalue weighted by Gasteiger charge is -2.14. The van der Waals surface area contributed by atoms with Crippen LogP contribution in [0.1, 0.15) is 31.6 Å². The van der Waals surface area contributed by atoms with Gasteiger partial charge in [-0.2, -0.15) is 0 Å². The number of methoxy groups -OCH3 is 1. The Morgan fingerprint density at radius 3 is 2.96 bits per heavy atom. The van der Waals surface area contributed by atoms with Gasteiger partial charge in [-0.15, -0.1) is 22.7 Å². The number of hydrogen-bond acceptors (Lipinski definition) is 7. The van der Waals surface area contributed by atoms with Crippen molar-refractivity contribution in [2.24, 2.45) is 0 Å². The van der Waals surface area contributed by atoms with E-state index in [0.717, 1.165) is 15.3 Å². The van der Waals surface area contributed by atoms with Crippen LogP contribution in [0, 0.1) is 6.92 Å². The second-order valence-corrected chi connectivity index (χ2v) is 7.71. The van der Waals surface area contributed by atoms with E-state index in [2.05, 4.69) is 4.98 Å². The van der Waals surface area contributed by atoms with E-state index in [1.54, 1.807) is 36.3 Å². The summed E-state index contributed by atoms with van der Waals surface area (Å²) in [5, 5.41) is 1.96. The van der Waals surface area contributed by atoms with Gasteiger partial charge in [-0.05, 0) is 19.1 Å². The number of amides is 1. The smallest absolute Gasteiger partial charge is 0.341 e. The number of thiazole rings is 1. The number of esters is 1. The summed E-state index contributed by atoms with van der Waals surface area (Å²) in [6.45, 7) is 1.95. The normalized spacial score (nSPS) is 11.3. The molecule has 0 atom stereocenters. The Labute approximate surface area is 156 Å². The van der Waals surface area contributed by atoms with E-state index in [9.17, 15) is 9.59 Å². The fraction of sp³-hybridized carbons (Fsp3) is 0.235. The number of fused-ring (bicyclic) bond motifs is 3. The summed E-state index contributed by atoms with van der Waals surface area (Å²) in [4.78, 5) is 32.9. The summed E-state index contributed by atoms with van der Waals surface area (Å²) in [5.74, 6) is 0.432. The van der Waals surface area contributed by atoms with E-state index in [1.807, 2.05) is 22.0 Å². The Morgan fingerprint density at radius 1 is 1.38 bits per heavy atom. The molecule has 0 aliphatic carbocycles. The van der Waals surface area contributed by atoms with Gasteiger partial charge in [-0.1, -0.05) is 0 Å². The number of imidazole rings is 1. The minimum absolute atomic E-state index is 0.120. The van der Waals surface area contributed by atoms with Gasteiger partial charge in [-0.25, -0.2) is 9.78 Å². The molecular weight excluding hydrogens is 374 g/mol. The highest BCUT2D eigenvalue weighted by Gasteiger charge is 2.21. The van der Waals surface area contributed by atoms with E-state index in [-0.39, 0.29) is 12.5 Å². The van der Waals surface area contributed by atoms with Gasteiger partial charge < -0.3 is 14.1 Å². The molecule has 0 unspecified atom stereocenters. The van der Waals surface area contributed by atoms with E-state index < -0.39 is 5.97 Å². The third-order valence-electron chi connectivity index (χ3n) is 4.06. The molecule has 4 aromatic heterocycles. The van der Waals surface area contributed by atoms with Crippen molar-refractivity contribution in [1.29, 1.82) is 0 Å². The zero-order valence-electron chi connectivity index (χ0n) is 14.3. The van der Waals surface area contributed by atoms with Crippen molar-refractivity contribution in [1.82, 2.24) is 14.3 Å². The van der Waals surface area contributed by atoms with E-state index in [1.165, 1.54) is 18.4 Å². The van der Waals surface area contributed by atoms with Crippen molar-refractivity contribution in [3.63, 3.8) is 0 Å². The summed E-state index contributed by atoms with van der Waals surface area (Å²) in [7, 11) is 3.02. The molecule has 26 heavy (non-hydrogen) atoms. The SMILES string of the molecule is COC(=O)c1cc(CN(C)C(=O)c2cc3c(nc4sccn43)s2)oc1C. The van der Waals surface area contributed by atoms with E-state index in [0.29, 0.717) is 22.0 Å². The highest BCUT2D eigenvalue weighted by atomic mass is 32.1. The first-order valence-corrected chi connectivity index (χ1v) is 9.45. The van der Waals surface area contributed by atoms with Gasteiger partial charge in [0.25, 0.3) is 5.91 Å². The highest BCUT2D eigenvalue weighted by Crippen LogP contribution is 2.29. The molecule has 0 N–H and O–H groups in total. The number of ether oxygens (including phenoxy) is 1. The number of thiophene rings is 1. The van der Waals surface area contributed by atoms with Crippen molar-refractivity contribution in [3.8, 4) is 0 Å². The molecule has 0 fully saturated rings. The Balaban J connectivity index is 1.56. The van der Waals surface area contributed by atoms with Crippen LogP contribution in [0.5, 0.6) is 0 Å². The lowest BCUT2D eigenvalue weighted by molar-refractivity contribution is 0.0598. The number of carbonyl (C=O) groups is 2. The third-order valence-corrected chi connectivity index (χ3v) is 5.83. The minimum Gasteiger partial charge on any atom is -0.465 e. The molecule has 0 aliphatic rings.